The third-order valence-electron chi connectivity index (χ3n) is 2.76. The van der Waals surface area contributed by atoms with E-state index in [1.807, 2.05) is 41.2 Å². The molecule has 6 heteroatoms. The molecule has 0 aliphatic carbocycles. The van der Waals surface area contributed by atoms with E-state index in [-0.39, 0.29) is 5.91 Å². The molecule has 0 saturated heterocycles. The van der Waals surface area contributed by atoms with E-state index >= 15 is 0 Å². The van der Waals surface area contributed by atoms with E-state index in [0.29, 0.717) is 13.0 Å². The molecule has 0 unspecified atom stereocenters. The lowest BCUT2D eigenvalue weighted by Gasteiger charge is -2.01. The highest BCUT2D eigenvalue weighted by molar-refractivity contribution is 7.20. The second kappa shape index (κ2) is 6.02. The molecule has 102 valence electrons. The monoisotopic (exact) mass is 303 g/mol. The molecule has 0 aliphatic heterocycles. The number of carbonyl (C=O) groups is 1. The van der Waals surface area contributed by atoms with Crippen LogP contribution in [0.2, 0.25) is 0 Å². The van der Waals surface area contributed by atoms with Gasteiger partial charge in [-0.25, -0.2) is 4.98 Å². The Morgan fingerprint density at radius 2 is 2.25 bits per heavy atom. The Balaban J connectivity index is 1.56. The van der Waals surface area contributed by atoms with E-state index < -0.39 is 0 Å². The first-order valence-corrected chi connectivity index (χ1v) is 7.94. The highest BCUT2D eigenvalue weighted by atomic mass is 32.1. The van der Waals surface area contributed by atoms with Crippen molar-refractivity contribution in [3.05, 3.63) is 52.6 Å². The summed E-state index contributed by atoms with van der Waals surface area (Å²) >= 11 is 3.24. The maximum atomic E-state index is 11.8. The number of thiophene rings is 1. The van der Waals surface area contributed by atoms with Crippen molar-refractivity contribution in [1.82, 2.24) is 15.3 Å². The lowest BCUT2D eigenvalue weighted by molar-refractivity contribution is -0.120. The quantitative estimate of drug-likeness (QED) is 0.761. The van der Waals surface area contributed by atoms with Gasteiger partial charge in [-0.1, -0.05) is 6.07 Å². The van der Waals surface area contributed by atoms with Gasteiger partial charge in [0.05, 0.1) is 23.5 Å². The number of carbonyl (C=O) groups excluding carboxylic acids is 1. The van der Waals surface area contributed by atoms with Crippen LogP contribution in [0.25, 0.3) is 9.88 Å². The number of rotatable bonds is 5. The fraction of sp³-hybridized carbons (Fsp3) is 0.143. The molecule has 3 rings (SSSR count). The molecule has 3 aromatic rings. The van der Waals surface area contributed by atoms with Crippen LogP contribution < -0.4 is 5.32 Å². The SMILES string of the molecule is O=C(Cc1csc(-c2cccs2)n1)NCc1ccc[nH]1. The molecule has 0 aromatic carbocycles. The van der Waals surface area contributed by atoms with Gasteiger partial charge in [0.1, 0.15) is 5.01 Å². The lowest BCUT2D eigenvalue weighted by Crippen LogP contribution is -2.24. The molecule has 0 aliphatic rings. The largest absolute Gasteiger partial charge is 0.364 e. The van der Waals surface area contributed by atoms with Crippen molar-refractivity contribution < 1.29 is 4.79 Å². The van der Waals surface area contributed by atoms with Gasteiger partial charge >= 0.3 is 0 Å². The topological polar surface area (TPSA) is 57.8 Å². The molecular formula is C14H13N3OS2. The van der Waals surface area contributed by atoms with Gasteiger partial charge in [0, 0.05) is 17.3 Å². The van der Waals surface area contributed by atoms with E-state index in [9.17, 15) is 4.79 Å². The van der Waals surface area contributed by atoms with Crippen LogP contribution in [0.15, 0.2) is 41.2 Å². The highest BCUT2D eigenvalue weighted by Crippen LogP contribution is 2.27. The summed E-state index contributed by atoms with van der Waals surface area (Å²) in [5.74, 6) is -0.0115. The molecule has 0 saturated carbocycles. The van der Waals surface area contributed by atoms with Crippen LogP contribution in [0.3, 0.4) is 0 Å². The zero-order chi connectivity index (χ0) is 13.8. The molecule has 0 radical (unpaired) electrons. The Morgan fingerprint density at radius 1 is 1.30 bits per heavy atom. The van der Waals surface area contributed by atoms with Gasteiger partial charge in [0.2, 0.25) is 5.91 Å². The van der Waals surface area contributed by atoms with Crippen molar-refractivity contribution >= 4 is 28.6 Å². The average molecular weight is 303 g/mol. The number of amides is 1. The minimum Gasteiger partial charge on any atom is -0.364 e. The minimum absolute atomic E-state index is 0.0115. The minimum atomic E-state index is -0.0115. The number of aromatic nitrogens is 2. The third kappa shape index (κ3) is 3.15. The number of H-pyrrole nitrogens is 1. The summed E-state index contributed by atoms with van der Waals surface area (Å²) in [5.41, 5.74) is 1.82. The van der Waals surface area contributed by atoms with E-state index in [1.165, 1.54) is 0 Å². The fourth-order valence-electron chi connectivity index (χ4n) is 1.80. The molecule has 4 nitrogen and oxygen atoms in total. The number of nitrogens with one attached hydrogen (secondary N) is 2. The summed E-state index contributed by atoms with van der Waals surface area (Å²) < 4.78 is 0. The second-order valence-corrected chi connectivity index (χ2v) is 6.08. The standard InChI is InChI=1S/C14H13N3OS2/c18-13(16-8-10-3-1-5-15-10)7-11-9-20-14(17-11)12-4-2-6-19-12/h1-6,9,15H,7-8H2,(H,16,18). The zero-order valence-electron chi connectivity index (χ0n) is 10.6. The summed E-state index contributed by atoms with van der Waals surface area (Å²) in [5, 5.41) is 7.83. The summed E-state index contributed by atoms with van der Waals surface area (Å²) in [6, 6.07) is 7.90. The number of aromatic amines is 1. The Kier molecular flexibility index (Phi) is 3.94. The number of hydrogen-bond acceptors (Lipinski definition) is 4. The predicted octanol–water partition coefficient (Wildman–Crippen LogP) is 3.06. The van der Waals surface area contributed by atoms with Crippen molar-refractivity contribution in [1.29, 1.82) is 0 Å². The van der Waals surface area contributed by atoms with Crippen molar-refractivity contribution in [2.24, 2.45) is 0 Å². The highest BCUT2D eigenvalue weighted by Gasteiger charge is 2.09. The first-order valence-electron chi connectivity index (χ1n) is 6.18. The number of hydrogen-bond donors (Lipinski definition) is 2. The van der Waals surface area contributed by atoms with Crippen LogP contribution in [0.1, 0.15) is 11.4 Å². The summed E-state index contributed by atoms with van der Waals surface area (Å²) in [6.45, 7) is 0.522. The number of nitrogens with zero attached hydrogens (tertiary/aromatic N) is 1. The molecular weight excluding hydrogens is 290 g/mol. The Hall–Kier alpha value is -1.92. The van der Waals surface area contributed by atoms with E-state index in [1.54, 1.807) is 22.7 Å². The number of thiazole rings is 1. The van der Waals surface area contributed by atoms with E-state index in [4.69, 9.17) is 0 Å². The van der Waals surface area contributed by atoms with Crippen LogP contribution in [0.5, 0.6) is 0 Å². The van der Waals surface area contributed by atoms with Crippen LogP contribution in [0, 0.1) is 0 Å². The van der Waals surface area contributed by atoms with Crippen LogP contribution >= 0.6 is 22.7 Å². The molecule has 3 aromatic heterocycles. The molecule has 3 heterocycles. The normalized spacial score (nSPS) is 10.6. The summed E-state index contributed by atoms with van der Waals surface area (Å²) in [4.78, 5) is 20.5. The smallest absolute Gasteiger partial charge is 0.226 e. The van der Waals surface area contributed by atoms with Crippen LogP contribution in [-0.4, -0.2) is 15.9 Å². The molecule has 0 bridgehead atoms. The molecule has 2 N–H and O–H groups in total. The lowest BCUT2D eigenvalue weighted by atomic mass is 10.3. The van der Waals surface area contributed by atoms with Gasteiger partial charge < -0.3 is 10.3 Å². The molecule has 1 amide bonds. The van der Waals surface area contributed by atoms with Gasteiger partial charge in [-0.05, 0) is 23.6 Å². The van der Waals surface area contributed by atoms with Crippen molar-refractivity contribution in [3.8, 4) is 9.88 Å². The van der Waals surface area contributed by atoms with Gasteiger partial charge in [0.15, 0.2) is 0 Å². The predicted molar refractivity (Wildman–Crippen MR) is 81.8 cm³/mol. The molecule has 0 fully saturated rings. The fourth-order valence-corrected chi connectivity index (χ4v) is 3.43. The van der Waals surface area contributed by atoms with Crippen LogP contribution in [-0.2, 0) is 17.8 Å². The zero-order valence-corrected chi connectivity index (χ0v) is 12.3. The van der Waals surface area contributed by atoms with Gasteiger partial charge in [-0.2, -0.15) is 0 Å². The van der Waals surface area contributed by atoms with E-state index in [0.717, 1.165) is 21.3 Å². The second-order valence-electron chi connectivity index (χ2n) is 4.27. The van der Waals surface area contributed by atoms with Crippen LogP contribution in [0.4, 0.5) is 0 Å². The third-order valence-corrected chi connectivity index (χ3v) is 4.69. The van der Waals surface area contributed by atoms with Crippen molar-refractivity contribution in [3.63, 3.8) is 0 Å². The molecule has 20 heavy (non-hydrogen) atoms. The van der Waals surface area contributed by atoms with Crippen molar-refractivity contribution in [2.45, 2.75) is 13.0 Å². The first-order chi connectivity index (χ1) is 9.81. The van der Waals surface area contributed by atoms with Gasteiger partial charge in [0.25, 0.3) is 0 Å². The Labute approximate surface area is 124 Å². The van der Waals surface area contributed by atoms with Crippen molar-refractivity contribution in [2.75, 3.05) is 0 Å². The maximum Gasteiger partial charge on any atom is 0.226 e. The van der Waals surface area contributed by atoms with Gasteiger partial charge in [-0.15, -0.1) is 22.7 Å². The molecule has 0 atom stereocenters. The summed E-state index contributed by atoms with van der Waals surface area (Å²) in [6.07, 6.45) is 2.16. The first kappa shape index (κ1) is 13.1. The average Bonchev–Trinajstić information content (AvgIpc) is 3.18. The maximum absolute atomic E-state index is 11.8. The Bertz CT molecular complexity index is 671. The Morgan fingerprint density at radius 3 is 3.00 bits per heavy atom. The van der Waals surface area contributed by atoms with Gasteiger partial charge in [-0.3, -0.25) is 4.79 Å². The summed E-state index contributed by atoms with van der Waals surface area (Å²) in [7, 11) is 0. The molecule has 0 spiro atoms. The van der Waals surface area contributed by atoms with E-state index in [2.05, 4.69) is 15.3 Å².